The number of hydrogen-bond donors (Lipinski definition) is 2. The quantitative estimate of drug-likeness (QED) is 0.831. The van der Waals surface area contributed by atoms with Crippen LogP contribution in [0.1, 0.15) is 31.1 Å². The summed E-state index contributed by atoms with van der Waals surface area (Å²) in [5, 5.41) is 5.42. The predicted octanol–water partition coefficient (Wildman–Crippen LogP) is 1.58. The molecule has 4 heteroatoms. The maximum absolute atomic E-state index is 11.7. The highest BCUT2D eigenvalue weighted by molar-refractivity contribution is 5.96. The van der Waals surface area contributed by atoms with E-state index in [0.29, 0.717) is 11.5 Å². The fourth-order valence-corrected chi connectivity index (χ4v) is 1.32. The molecule has 0 aliphatic rings. The average molecular weight is 248 g/mol. The largest absolute Gasteiger partial charge is 0.352 e. The van der Waals surface area contributed by atoms with Crippen molar-refractivity contribution in [1.29, 1.82) is 0 Å². The third-order valence-corrected chi connectivity index (χ3v) is 2.83. The molecule has 0 spiro atoms. The summed E-state index contributed by atoms with van der Waals surface area (Å²) in [6.07, 6.45) is 0. The van der Waals surface area contributed by atoms with Gasteiger partial charge in [0, 0.05) is 11.6 Å². The summed E-state index contributed by atoms with van der Waals surface area (Å²) in [6, 6.07) is 8.94. The molecule has 18 heavy (non-hydrogen) atoms. The minimum absolute atomic E-state index is 0.00475. The van der Waals surface area contributed by atoms with Crippen molar-refractivity contribution in [1.82, 2.24) is 10.6 Å². The third kappa shape index (κ3) is 4.57. The van der Waals surface area contributed by atoms with Gasteiger partial charge < -0.3 is 10.6 Å². The first-order chi connectivity index (χ1) is 8.50. The van der Waals surface area contributed by atoms with E-state index in [9.17, 15) is 9.59 Å². The van der Waals surface area contributed by atoms with Gasteiger partial charge in [0.2, 0.25) is 5.91 Å². The van der Waals surface area contributed by atoms with Crippen LogP contribution in [0.25, 0.3) is 0 Å². The molecule has 0 saturated heterocycles. The predicted molar refractivity (Wildman–Crippen MR) is 71.2 cm³/mol. The SMILES string of the molecule is CC(C)C(C)NC(=O)CNC(=O)c1ccccc1. The van der Waals surface area contributed by atoms with Crippen LogP contribution in [0, 0.1) is 5.92 Å². The van der Waals surface area contributed by atoms with Crippen LogP contribution in [-0.4, -0.2) is 24.4 Å². The summed E-state index contributed by atoms with van der Waals surface area (Å²) >= 11 is 0. The van der Waals surface area contributed by atoms with E-state index in [1.165, 1.54) is 0 Å². The van der Waals surface area contributed by atoms with Crippen LogP contribution in [0.5, 0.6) is 0 Å². The van der Waals surface area contributed by atoms with Crippen LogP contribution in [0.2, 0.25) is 0 Å². The van der Waals surface area contributed by atoms with Crippen LogP contribution in [0.15, 0.2) is 30.3 Å². The molecule has 0 aliphatic carbocycles. The van der Waals surface area contributed by atoms with E-state index in [4.69, 9.17) is 0 Å². The lowest BCUT2D eigenvalue weighted by molar-refractivity contribution is -0.121. The Kier molecular flexibility index (Phi) is 5.36. The van der Waals surface area contributed by atoms with Crippen molar-refractivity contribution in [2.24, 2.45) is 5.92 Å². The first-order valence-electron chi connectivity index (χ1n) is 6.13. The number of carbonyl (C=O) groups is 2. The van der Waals surface area contributed by atoms with E-state index in [0.717, 1.165) is 0 Å². The Morgan fingerprint density at radius 3 is 2.28 bits per heavy atom. The topological polar surface area (TPSA) is 58.2 Å². The molecule has 2 N–H and O–H groups in total. The fraction of sp³-hybridized carbons (Fsp3) is 0.429. The zero-order chi connectivity index (χ0) is 13.5. The number of nitrogens with one attached hydrogen (secondary N) is 2. The Labute approximate surface area is 108 Å². The molecular formula is C14H20N2O2. The van der Waals surface area contributed by atoms with Gasteiger partial charge >= 0.3 is 0 Å². The number of rotatable bonds is 5. The second-order valence-electron chi connectivity index (χ2n) is 4.65. The zero-order valence-corrected chi connectivity index (χ0v) is 11.1. The summed E-state index contributed by atoms with van der Waals surface area (Å²) in [6.45, 7) is 6.02. The van der Waals surface area contributed by atoms with Gasteiger partial charge in [-0.05, 0) is 25.0 Å². The molecule has 1 aromatic rings. The Hall–Kier alpha value is -1.84. The van der Waals surface area contributed by atoms with Gasteiger partial charge in [0.25, 0.3) is 5.91 Å². The van der Waals surface area contributed by atoms with Crippen LogP contribution < -0.4 is 10.6 Å². The first-order valence-corrected chi connectivity index (χ1v) is 6.13. The molecule has 1 atom stereocenters. The fourth-order valence-electron chi connectivity index (χ4n) is 1.32. The van der Waals surface area contributed by atoms with Gasteiger partial charge in [-0.1, -0.05) is 32.0 Å². The van der Waals surface area contributed by atoms with Crippen LogP contribution >= 0.6 is 0 Å². The van der Waals surface area contributed by atoms with E-state index in [2.05, 4.69) is 10.6 Å². The minimum Gasteiger partial charge on any atom is -0.352 e. The lowest BCUT2D eigenvalue weighted by atomic mass is 10.1. The van der Waals surface area contributed by atoms with Crippen LogP contribution in [0.3, 0.4) is 0 Å². The van der Waals surface area contributed by atoms with Crippen molar-refractivity contribution in [3.05, 3.63) is 35.9 Å². The molecule has 0 aliphatic heterocycles. The van der Waals surface area contributed by atoms with Crippen molar-refractivity contribution >= 4 is 11.8 Å². The monoisotopic (exact) mass is 248 g/mol. The standard InChI is InChI=1S/C14H20N2O2/c1-10(2)11(3)16-13(17)9-15-14(18)12-7-5-4-6-8-12/h4-8,10-11H,9H2,1-3H3,(H,15,18)(H,16,17). The lowest BCUT2D eigenvalue weighted by Gasteiger charge is -2.17. The molecular weight excluding hydrogens is 228 g/mol. The normalized spacial score (nSPS) is 12.0. The van der Waals surface area contributed by atoms with Crippen molar-refractivity contribution < 1.29 is 9.59 Å². The second-order valence-corrected chi connectivity index (χ2v) is 4.65. The van der Waals surface area contributed by atoms with E-state index < -0.39 is 0 Å². The van der Waals surface area contributed by atoms with E-state index in [1.807, 2.05) is 26.8 Å². The Bertz CT molecular complexity index is 402. The lowest BCUT2D eigenvalue weighted by Crippen LogP contribution is -2.42. The highest BCUT2D eigenvalue weighted by Crippen LogP contribution is 1.99. The highest BCUT2D eigenvalue weighted by Gasteiger charge is 2.12. The molecule has 0 fully saturated rings. The van der Waals surface area contributed by atoms with Gasteiger partial charge in [0.1, 0.15) is 0 Å². The molecule has 0 aromatic heterocycles. The highest BCUT2D eigenvalue weighted by atomic mass is 16.2. The van der Waals surface area contributed by atoms with Crippen molar-refractivity contribution in [3.63, 3.8) is 0 Å². The smallest absolute Gasteiger partial charge is 0.251 e. The molecule has 0 bridgehead atoms. The number of carbonyl (C=O) groups excluding carboxylic acids is 2. The van der Waals surface area contributed by atoms with Crippen molar-refractivity contribution in [2.75, 3.05) is 6.54 Å². The maximum atomic E-state index is 11.7. The molecule has 0 heterocycles. The van der Waals surface area contributed by atoms with Gasteiger partial charge in [0.15, 0.2) is 0 Å². The van der Waals surface area contributed by atoms with Crippen molar-refractivity contribution in [2.45, 2.75) is 26.8 Å². The van der Waals surface area contributed by atoms with Crippen molar-refractivity contribution in [3.8, 4) is 0 Å². The molecule has 2 amide bonds. The molecule has 1 rings (SSSR count). The Morgan fingerprint density at radius 2 is 1.72 bits per heavy atom. The van der Waals surface area contributed by atoms with E-state index in [-0.39, 0.29) is 24.4 Å². The maximum Gasteiger partial charge on any atom is 0.251 e. The molecule has 4 nitrogen and oxygen atoms in total. The summed E-state index contributed by atoms with van der Waals surface area (Å²) in [4.78, 5) is 23.2. The van der Waals surface area contributed by atoms with Gasteiger partial charge in [-0.2, -0.15) is 0 Å². The van der Waals surface area contributed by atoms with Crippen LogP contribution in [-0.2, 0) is 4.79 Å². The van der Waals surface area contributed by atoms with Gasteiger partial charge in [-0.15, -0.1) is 0 Å². The minimum atomic E-state index is -0.233. The third-order valence-electron chi connectivity index (χ3n) is 2.83. The summed E-state index contributed by atoms with van der Waals surface area (Å²) in [5.41, 5.74) is 0.558. The summed E-state index contributed by atoms with van der Waals surface area (Å²) in [7, 11) is 0. The molecule has 98 valence electrons. The average Bonchev–Trinajstić information content (AvgIpc) is 2.36. The second kappa shape index (κ2) is 6.79. The Morgan fingerprint density at radius 1 is 1.11 bits per heavy atom. The summed E-state index contributed by atoms with van der Waals surface area (Å²) in [5.74, 6) is -0.0257. The molecule has 0 radical (unpaired) electrons. The molecule has 1 unspecified atom stereocenters. The Balaban J connectivity index is 2.37. The molecule has 0 saturated carbocycles. The first kappa shape index (κ1) is 14.2. The number of hydrogen-bond acceptors (Lipinski definition) is 2. The van der Waals surface area contributed by atoms with E-state index >= 15 is 0 Å². The van der Waals surface area contributed by atoms with Crippen LogP contribution in [0.4, 0.5) is 0 Å². The zero-order valence-electron chi connectivity index (χ0n) is 11.1. The number of amides is 2. The van der Waals surface area contributed by atoms with Gasteiger partial charge in [-0.25, -0.2) is 0 Å². The van der Waals surface area contributed by atoms with Gasteiger partial charge in [0.05, 0.1) is 6.54 Å². The van der Waals surface area contributed by atoms with Gasteiger partial charge in [-0.3, -0.25) is 9.59 Å². The summed E-state index contributed by atoms with van der Waals surface area (Å²) < 4.78 is 0. The molecule has 1 aromatic carbocycles. The van der Waals surface area contributed by atoms with E-state index in [1.54, 1.807) is 24.3 Å². The number of benzene rings is 1.